The topological polar surface area (TPSA) is 104 Å². The third kappa shape index (κ3) is 11.6. The van der Waals surface area contributed by atoms with Crippen LogP contribution in [0.3, 0.4) is 0 Å². The van der Waals surface area contributed by atoms with E-state index in [1.165, 1.54) is 6.42 Å². The van der Waals surface area contributed by atoms with Crippen molar-refractivity contribution in [3.8, 4) is 0 Å². The van der Waals surface area contributed by atoms with Crippen LogP contribution < -0.4 is 4.72 Å². The van der Waals surface area contributed by atoms with Crippen molar-refractivity contribution in [3.63, 3.8) is 0 Å². The van der Waals surface area contributed by atoms with E-state index in [0.717, 1.165) is 32.1 Å². The Morgan fingerprint density at radius 3 is 2.12 bits per heavy atom. The molecule has 1 fully saturated rings. The van der Waals surface area contributed by atoms with Crippen LogP contribution in [0.25, 0.3) is 0 Å². The summed E-state index contributed by atoms with van der Waals surface area (Å²) in [6.07, 6.45) is 5.99. The largest absolute Gasteiger partial charge is 0.481 e. The molecule has 1 saturated carbocycles. The number of hydrogen-bond acceptors (Lipinski definition) is 3. The Kier molecular flexibility index (Phi) is 8.11. The smallest absolute Gasteiger partial charge is 0.333 e. The van der Waals surface area contributed by atoms with Gasteiger partial charge < -0.3 is 5.11 Å². The van der Waals surface area contributed by atoms with Crippen LogP contribution >= 0.6 is 0 Å². The molecule has 102 valence electrons. The highest BCUT2D eigenvalue weighted by atomic mass is 32.2. The first-order valence-electron chi connectivity index (χ1n) is 5.81. The van der Waals surface area contributed by atoms with E-state index in [2.05, 4.69) is 4.72 Å². The number of carboxylic acid groups (broad SMARTS) is 1. The van der Waals surface area contributed by atoms with Gasteiger partial charge in [0.25, 0.3) is 0 Å². The summed E-state index contributed by atoms with van der Waals surface area (Å²) < 4.78 is 31.3. The minimum Gasteiger partial charge on any atom is -0.481 e. The van der Waals surface area contributed by atoms with Crippen molar-refractivity contribution in [2.45, 2.75) is 57.9 Å². The van der Waals surface area contributed by atoms with Crippen molar-refractivity contribution in [1.82, 2.24) is 4.72 Å². The van der Waals surface area contributed by atoms with Crippen LogP contribution in [0.4, 0.5) is 0 Å². The number of carboxylic acids is 1. The summed E-state index contributed by atoms with van der Waals surface area (Å²) >= 11 is 0. The molecular weight excluding hydrogens is 246 g/mol. The molecule has 1 aliphatic carbocycles. The normalized spacial score (nSPS) is 17.1. The van der Waals surface area contributed by atoms with Crippen molar-refractivity contribution in [1.29, 1.82) is 0 Å². The molecule has 1 rings (SSSR count). The second-order valence-electron chi connectivity index (χ2n) is 4.07. The number of rotatable bonds is 4. The molecule has 0 aromatic heterocycles. The Labute approximate surface area is 102 Å². The van der Waals surface area contributed by atoms with E-state index in [4.69, 9.17) is 9.66 Å². The summed E-state index contributed by atoms with van der Waals surface area (Å²) in [4.78, 5) is 9.60. The predicted octanol–water partition coefficient (Wildman–Crippen LogP) is 1.58. The molecule has 0 aliphatic heterocycles. The minimum absolute atomic E-state index is 0.0428. The number of carbonyl (C=O) groups is 1. The molecule has 3 N–H and O–H groups in total. The molecule has 0 unspecified atom stereocenters. The number of aliphatic carboxylic acids is 1. The van der Waals surface area contributed by atoms with E-state index < -0.39 is 16.3 Å². The van der Waals surface area contributed by atoms with Gasteiger partial charge in [0.2, 0.25) is 0 Å². The SMILES string of the molecule is CCCC(=O)O.O=S(=O)(O)NC1CCCCC1. The van der Waals surface area contributed by atoms with Crippen LogP contribution in [0, 0.1) is 0 Å². The van der Waals surface area contributed by atoms with Gasteiger partial charge in [-0.3, -0.25) is 9.35 Å². The molecule has 0 saturated heterocycles. The second kappa shape index (κ2) is 8.43. The monoisotopic (exact) mass is 267 g/mol. The summed E-state index contributed by atoms with van der Waals surface area (Å²) in [5.74, 6) is -0.711. The van der Waals surface area contributed by atoms with E-state index in [0.29, 0.717) is 6.42 Å². The van der Waals surface area contributed by atoms with Gasteiger partial charge in [0.1, 0.15) is 0 Å². The summed E-state index contributed by atoms with van der Waals surface area (Å²) in [5.41, 5.74) is 0. The Bertz CT molecular complexity index is 309. The van der Waals surface area contributed by atoms with Crippen molar-refractivity contribution in [3.05, 3.63) is 0 Å². The zero-order valence-electron chi connectivity index (χ0n) is 10.1. The molecule has 0 spiro atoms. The average molecular weight is 267 g/mol. The highest BCUT2D eigenvalue weighted by Crippen LogP contribution is 2.17. The van der Waals surface area contributed by atoms with Crippen LogP contribution in [0.1, 0.15) is 51.9 Å². The predicted molar refractivity (Wildman–Crippen MR) is 64.1 cm³/mol. The zero-order valence-corrected chi connectivity index (χ0v) is 10.9. The second-order valence-corrected chi connectivity index (χ2v) is 5.26. The maximum atomic E-state index is 10.3. The molecule has 0 bridgehead atoms. The van der Waals surface area contributed by atoms with Crippen LogP contribution in [-0.2, 0) is 15.1 Å². The minimum atomic E-state index is -3.97. The molecule has 0 radical (unpaired) electrons. The molecule has 0 aromatic carbocycles. The summed E-state index contributed by atoms with van der Waals surface area (Å²) in [6, 6.07) is -0.0428. The Morgan fingerprint density at radius 1 is 1.29 bits per heavy atom. The van der Waals surface area contributed by atoms with Crippen LogP contribution in [0.2, 0.25) is 0 Å². The van der Waals surface area contributed by atoms with Crippen LogP contribution in [0.15, 0.2) is 0 Å². The molecular formula is C10H21NO5S. The number of nitrogens with one attached hydrogen (secondary N) is 1. The van der Waals surface area contributed by atoms with Gasteiger partial charge in [0.05, 0.1) is 0 Å². The molecule has 0 atom stereocenters. The lowest BCUT2D eigenvalue weighted by Crippen LogP contribution is -2.35. The quantitative estimate of drug-likeness (QED) is 0.671. The van der Waals surface area contributed by atoms with Gasteiger partial charge in [-0.05, 0) is 19.3 Å². The van der Waals surface area contributed by atoms with Gasteiger partial charge >= 0.3 is 16.3 Å². The van der Waals surface area contributed by atoms with Crippen molar-refractivity contribution >= 4 is 16.3 Å². The summed E-state index contributed by atoms with van der Waals surface area (Å²) in [5, 5.41) is 7.91. The van der Waals surface area contributed by atoms with Gasteiger partial charge in [-0.2, -0.15) is 13.1 Å². The molecule has 0 amide bonds. The summed E-state index contributed by atoms with van der Waals surface area (Å²) in [7, 11) is -3.97. The Hall–Kier alpha value is -0.660. The standard InChI is InChI=1S/C6H13NO3S.C4H8O2/c8-11(9,10)7-6-4-2-1-3-5-6;1-2-3-4(5)6/h6-7H,1-5H2,(H,8,9,10);2-3H2,1H3,(H,5,6). The Balaban J connectivity index is 0.000000366. The molecule has 0 heterocycles. The lowest BCUT2D eigenvalue weighted by molar-refractivity contribution is -0.137. The first-order valence-corrected chi connectivity index (χ1v) is 7.25. The Morgan fingerprint density at radius 2 is 1.82 bits per heavy atom. The molecule has 17 heavy (non-hydrogen) atoms. The van der Waals surface area contributed by atoms with Gasteiger partial charge in [0.15, 0.2) is 0 Å². The average Bonchev–Trinajstić information content (AvgIpc) is 2.17. The highest BCUT2D eigenvalue weighted by molar-refractivity contribution is 7.83. The van der Waals surface area contributed by atoms with Gasteiger partial charge in [-0.1, -0.05) is 26.2 Å². The first kappa shape index (κ1) is 16.3. The van der Waals surface area contributed by atoms with Crippen molar-refractivity contribution < 1.29 is 22.9 Å². The molecule has 0 aromatic rings. The zero-order chi connectivity index (χ0) is 13.3. The maximum absolute atomic E-state index is 10.3. The van der Waals surface area contributed by atoms with E-state index >= 15 is 0 Å². The van der Waals surface area contributed by atoms with E-state index in [1.54, 1.807) is 0 Å². The molecule has 1 aliphatic rings. The van der Waals surface area contributed by atoms with Crippen LogP contribution in [0.5, 0.6) is 0 Å². The highest BCUT2D eigenvalue weighted by Gasteiger charge is 2.17. The lowest BCUT2D eigenvalue weighted by Gasteiger charge is -2.20. The number of hydrogen-bond donors (Lipinski definition) is 3. The van der Waals surface area contributed by atoms with E-state index in [1.807, 2.05) is 6.92 Å². The first-order chi connectivity index (χ1) is 7.85. The van der Waals surface area contributed by atoms with Crippen LogP contribution in [-0.4, -0.2) is 30.1 Å². The van der Waals surface area contributed by atoms with Gasteiger partial charge in [0, 0.05) is 12.5 Å². The van der Waals surface area contributed by atoms with E-state index in [9.17, 15) is 13.2 Å². The fraction of sp³-hybridized carbons (Fsp3) is 0.900. The third-order valence-corrected chi connectivity index (χ3v) is 3.02. The fourth-order valence-corrected chi connectivity index (χ4v) is 2.30. The van der Waals surface area contributed by atoms with Crippen molar-refractivity contribution in [2.24, 2.45) is 0 Å². The van der Waals surface area contributed by atoms with Gasteiger partial charge in [-0.15, -0.1) is 0 Å². The summed E-state index contributed by atoms with van der Waals surface area (Å²) in [6.45, 7) is 1.84. The fourth-order valence-electron chi connectivity index (χ4n) is 1.64. The van der Waals surface area contributed by atoms with E-state index in [-0.39, 0.29) is 6.04 Å². The molecule has 6 nitrogen and oxygen atoms in total. The van der Waals surface area contributed by atoms with Crippen molar-refractivity contribution in [2.75, 3.05) is 0 Å². The molecule has 7 heteroatoms. The maximum Gasteiger partial charge on any atom is 0.333 e. The third-order valence-electron chi connectivity index (χ3n) is 2.38. The van der Waals surface area contributed by atoms with Gasteiger partial charge in [-0.25, -0.2) is 0 Å². The lowest BCUT2D eigenvalue weighted by atomic mass is 9.96.